The summed E-state index contributed by atoms with van der Waals surface area (Å²) in [4.78, 5) is 11.4. The van der Waals surface area contributed by atoms with Gasteiger partial charge in [-0.25, -0.2) is 0 Å². The van der Waals surface area contributed by atoms with Crippen molar-refractivity contribution in [3.05, 3.63) is 29.8 Å². The van der Waals surface area contributed by atoms with Crippen molar-refractivity contribution >= 4 is 5.91 Å². The number of hydrogen-bond acceptors (Lipinski definition) is 3. The molecule has 19 heavy (non-hydrogen) atoms. The van der Waals surface area contributed by atoms with Crippen LogP contribution in [0.3, 0.4) is 0 Å². The third-order valence-corrected chi connectivity index (χ3v) is 3.01. The fourth-order valence-electron chi connectivity index (χ4n) is 1.69. The van der Waals surface area contributed by atoms with Crippen molar-refractivity contribution < 1.29 is 9.53 Å². The minimum Gasteiger partial charge on any atom is -0.497 e. The van der Waals surface area contributed by atoms with Crippen molar-refractivity contribution in [1.29, 1.82) is 0 Å². The van der Waals surface area contributed by atoms with Crippen LogP contribution in [0.4, 0.5) is 0 Å². The van der Waals surface area contributed by atoms with E-state index in [4.69, 9.17) is 4.74 Å². The molecule has 106 valence electrons. The lowest BCUT2D eigenvalue weighted by molar-refractivity contribution is -0.123. The second kappa shape index (κ2) is 7.79. The van der Waals surface area contributed by atoms with Gasteiger partial charge in [0.15, 0.2) is 0 Å². The minimum absolute atomic E-state index is 0.0408. The Bertz CT molecular complexity index is 388. The molecule has 0 heterocycles. The molecule has 1 atom stereocenters. The van der Waals surface area contributed by atoms with Crippen LogP contribution in [0.15, 0.2) is 24.3 Å². The second-order valence-electron chi connectivity index (χ2n) is 4.89. The van der Waals surface area contributed by atoms with E-state index in [9.17, 15) is 4.79 Å². The Balaban J connectivity index is 2.30. The van der Waals surface area contributed by atoms with Gasteiger partial charge < -0.3 is 15.4 Å². The first kappa shape index (κ1) is 15.5. The van der Waals surface area contributed by atoms with E-state index >= 15 is 0 Å². The highest BCUT2D eigenvalue weighted by Crippen LogP contribution is 2.16. The maximum Gasteiger partial charge on any atom is 0.222 e. The molecule has 0 saturated heterocycles. The number of amides is 1. The zero-order chi connectivity index (χ0) is 14.3. The maximum atomic E-state index is 11.4. The third kappa shape index (κ3) is 5.30. The second-order valence-corrected chi connectivity index (χ2v) is 4.89. The van der Waals surface area contributed by atoms with Crippen molar-refractivity contribution in [3.63, 3.8) is 0 Å². The molecule has 4 heteroatoms. The van der Waals surface area contributed by atoms with E-state index in [0.717, 1.165) is 12.3 Å². The Kier molecular flexibility index (Phi) is 6.36. The van der Waals surface area contributed by atoms with Crippen LogP contribution in [-0.2, 0) is 4.79 Å². The van der Waals surface area contributed by atoms with Gasteiger partial charge in [0, 0.05) is 25.0 Å². The zero-order valence-corrected chi connectivity index (χ0v) is 12.2. The molecule has 0 aliphatic heterocycles. The molecule has 1 unspecified atom stereocenters. The largest absolute Gasteiger partial charge is 0.497 e. The van der Waals surface area contributed by atoms with Crippen LogP contribution in [0.5, 0.6) is 5.75 Å². The highest BCUT2D eigenvalue weighted by Gasteiger charge is 2.07. The van der Waals surface area contributed by atoms with E-state index in [2.05, 4.69) is 17.6 Å². The molecular formula is C15H24N2O2. The van der Waals surface area contributed by atoms with E-state index < -0.39 is 0 Å². The molecule has 0 bridgehead atoms. The van der Waals surface area contributed by atoms with Gasteiger partial charge in [-0.15, -0.1) is 0 Å². The molecule has 0 radical (unpaired) electrons. The molecule has 2 N–H and O–H groups in total. The first-order valence-corrected chi connectivity index (χ1v) is 6.69. The zero-order valence-electron chi connectivity index (χ0n) is 12.2. The molecule has 0 saturated carbocycles. The molecule has 4 nitrogen and oxygen atoms in total. The summed E-state index contributed by atoms with van der Waals surface area (Å²) < 4.78 is 5.13. The highest BCUT2D eigenvalue weighted by molar-refractivity contribution is 5.77. The molecule has 0 aliphatic rings. The smallest absolute Gasteiger partial charge is 0.222 e. The van der Waals surface area contributed by atoms with Crippen molar-refractivity contribution in [2.75, 3.05) is 20.2 Å². The Morgan fingerprint density at radius 1 is 1.16 bits per heavy atom. The van der Waals surface area contributed by atoms with E-state index in [0.29, 0.717) is 6.54 Å². The predicted molar refractivity (Wildman–Crippen MR) is 77.3 cm³/mol. The topological polar surface area (TPSA) is 50.4 Å². The monoisotopic (exact) mass is 264 g/mol. The van der Waals surface area contributed by atoms with E-state index in [1.54, 1.807) is 7.11 Å². The summed E-state index contributed by atoms with van der Waals surface area (Å²) in [6, 6.07) is 8.25. The fourth-order valence-corrected chi connectivity index (χ4v) is 1.69. The summed E-state index contributed by atoms with van der Waals surface area (Å²) in [7, 11) is 1.66. The SMILES string of the molecule is COc1ccc(C(C)NCCNC(=O)C(C)C)cc1. The summed E-state index contributed by atoms with van der Waals surface area (Å²) in [5.74, 6) is 0.998. The van der Waals surface area contributed by atoms with Crippen molar-refractivity contribution in [3.8, 4) is 5.75 Å². The van der Waals surface area contributed by atoms with E-state index in [1.165, 1.54) is 5.56 Å². The molecule has 0 fully saturated rings. The van der Waals surface area contributed by atoms with Gasteiger partial charge in [0.05, 0.1) is 7.11 Å². The number of carbonyl (C=O) groups excluding carboxylic acids is 1. The number of carbonyl (C=O) groups is 1. The van der Waals surface area contributed by atoms with Crippen LogP contribution in [0.25, 0.3) is 0 Å². The number of methoxy groups -OCH3 is 1. The van der Waals surface area contributed by atoms with Gasteiger partial charge in [-0.1, -0.05) is 26.0 Å². The van der Waals surface area contributed by atoms with Crippen molar-refractivity contribution in [2.24, 2.45) is 5.92 Å². The average molecular weight is 264 g/mol. The third-order valence-electron chi connectivity index (χ3n) is 3.01. The molecule has 0 spiro atoms. The quantitative estimate of drug-likeness (QED) is 0.742. The Labute approximate surface area is 115 Å². The van der Waals surface area contributed by atoms with Gasteiger partial charge in [0.1, 0.15) is 5.75 Å². The Morgan fingerprint density at radius 3 is 2.32 bits per heavy atom. The van der Waals surface area contributed by atoms with Crippen molar-refractivity contribution in [2.45, 2.75) is 26.8 Å². The number of hydrogen-bond donors (Lipinski definition) is 2. The molecular weight excluding hydrogens is 240 g/mol. The van der Waals surface area contributed by atoms with Crippen LogP contribution in [-0.4, -0.2) is 26.1 Å². The van der Waals surface area contributed by atoms with Gasteiger partial charge in [0.2, 0.25) is 5.91 Å². The van der Waals surface area contributed by atoms with Crippen LogP contribution in [0.2, 0.25) is 0 Å². The van der Waals surface area contributed by atoms with E-state index in [1.807, 2.05) is 38.1 Å². The van der Waals surface area contributed by atoms with E-state index in [-0.39, 0.29) is 17.9 Å². The van der Waals surface area contributed by atoms with Gasteiger partial charge in [-0.2, -0.15) is 0 Å². The van der Waals surface area contributed by atoms with Crippen LogP contribution < -0.4 is 15.4 Å². The lowest BCUT2D eigenvalue weighted by Gasteiger charge is -2.15. The van der Waals surface area contributed by atoms with Crippen molar-refractivity contribution in [1.82, 2.24) is 10.6 Å². The molecule has 1 amide bonds. The molecule has 1 aromatic carbocycles. The van der Waals surface area contributed by atoms with Crippen LogP contribution in [0.1, 0.15) is 32.4 Å². The molecule has 1 rings (SSSR count). The summed E-state index contributed by atoms with van der Waals surface area (Å²) in [6.45, 7) is 7.29. The fraction of sp³-hybridized carbons (Fsp3) is 0.533. The lowest BCUT2D eigenvalue weighted by atomic mass is 10.1. The van der Waals surface area contributed by atoms with Gasteiger partial charge in [0.25, 0.3) is 0 Å². The Morgan fingerprint density at radius 2 is 1.79 bits per heavy atom. The van der Waals surface area contributed by atoms with Crippen LogP contribution in [0, 0.1) is 5.92 Å². The normalized spacial score (nSPS) is 12.3. The molecule has 0 aliphatic carbocycles. The lowest BCUT2D eigenvalue weighted by Crippen LogP contribution is -2.35. The Hall–Kier alpha value is -1.55. The van der Waals surface area contributed by atoms with Crippen LogP contribution >= 0.6 is 0 Å². The first-order valence-electron chi connectivity index (χ1n) is 6.69. The summed E-state index contributed by atoms with van der Waals surface area (Å²) >= 11 is 0. The number of nitrogens with one attached hydrogen (secondary N) is 2. The standard InChI is InChI=1S/C15H24N2O2/c1-11(2)15(18)17-10-9-16-12(3)13-5-7-14(19-4)8-6-13/h5-8,11-12,16H,9-10H2,1-4H3,(H,17,18). The number of benzene rings is 1. The maximum absolute atomic E-state index is 11.4. The number of rotatable bonds is 7. The molecule has 0 aromatic heterocycles. The first-order chi connectivity index (χ1) is 9.04. The minimum atomic E-state index is 0.0408. The van der Waals surface area contributed by atoms with Gasteiger partial charge in [-0.3, -0.25) is 4.79 Å². The number of ether oxygens (including phenoxy) is 1. The predicted octanol–water partition coefficient (Wildman–Crippen LogP) is 2.12. The summed E-state index contributed by atoms with van der Waals surface area (Å²) in [5, 5.41) is 6.26. The van der Waals surface area contributed by atoms with Gasteiger partial charge >= 0.3 is 0 Å². The summed E-state index contributed by atoms with van der Waals surface area (Å²) in [6.07, 6.45) is 0. The highest BCUT2D eigenvalue weighted by atomic mass is 16.5. The average Bonchev–Trinajstić information content (AvgIpc) is 2.43. The van der Waals surface area contributed by atoms with Gasteiger partial charge in [-0.05, 0) is 24.6 Å². The molecule has 1 aromatic rings. The summed E-state index contributed by atoms with van der Waals surface area (Å²) in [5.41, 5.74) is 1.20.